The molecule has 1 heterocycles. The molecule has 0 aromatic heterocycles. The van der Waals surface area contributed by atoms with Gasteiger partial charge in [0.05, 0.1) is 11.1 Å². The number of rotatable bonds is 4. The van der Waals surface area contributed by atoms with E-state index in [4.69, 9.17) is 9.31 Å². The molecule has 0 N–H and O–H groups in total. The van der Waals surface area contributed by atoms with Crippen LogP contribution in [-0.4, -0.2) is 7.12 Å². The highest BCUT2D eigenvalue weighted by molar-refractivity contribution is 6.56. The smallest absolute Gasteiger partial charge is 0.514 e. The van der Waals surface area contributed by atoms with Gasteiger partial charge in [0.25, 0.3) is 0 Å². The number of halogens is 6. The molecule has 0 saturated heterocycles. The Morgan fingerprint density at radius 2 is 1.18 bits per heavy atom. The fourth-order valence-electron chi connectivity index (χ4n) is 4.91. The summed E-state index contributed by atoms with van der Waals surface area (Å²) >= 11 is 0. The van der Waals surface area contributed by atoms with Crippen LogP contribution in [0.1, 0.15) is 50.2 Å². The summed E-state index contributed by atoms with van der Waals surface area (Å²) in [5.74, 6) is 4.27. The van der Waals surface area contributed by atoms with Crippen molar-refractivity contribution in [2.24, 2.45) is 0 Å². The highest BCUT2D eigenvalue weighted by atomic mass is 19.4. The van der Waals surface area contributed by atoms with Gasteiger partial charge in [-0.3, -0.25) is 0 Å². The van der Waals surface area contributed by atoms with Crippen LogP contribution in [0.4, 0.5) is 26.3 Å². The van der Waals surface area contributed by atoms with E-state index in [0.717, 1.165) is 37.8 Å². The Bertz CT molecular complexity index is 1490. The Kier molecular flexibility index (Phi) is 7.15. The molecule has 9 heteroatoms. The van der Waals surface area contributed by atoms with E-state index in [9.17, 15) is 26.3 Å². The molecule has 39 heavy (non-hydrogen) atoms. The SMILES string of the molecule is CCCCCCC#CB1Oc2c(C(F)(F)F)cc3ccccc3c2-c2c(c(C(F)(F)F)cc3ccccc23)O1. The third-order valence-electron chi connectivity index (χ3n) is 6.69. The summed E-state index contributed by atoms with van der Waals surface area (Å²) in [6.45, 7) is 2.05. The van der Waals surface area contributed by atoms with Crippen molar-refractivity contribution in [3.05, 3.63) is 71.8 Å². The zero-order valence-corrected chi connectivity index (χ0v) is 21.0. The number of hydrogen-bond acceptors (Lipinski definition) is 2. The van der Waals surface area contributed by atoms with Gasteiger partial charge in [0.1, 0.15) is 11.5 Å². The molecule has 4 aromatic rings. The van der Waals surface area contributed by atoms with E-state index < -0.39 is 42.1 Å². The minimum absolute atomic E-state index is 0.107. The summed E-state index contributed by atoms with van der Waals surface area (Å²) < 4.78 is 98.0. The lowest BCUT2D eigenvalue weighted by atomic mass is 9.88. The molecule has 0 radical (unpaired) electrons. The van der Waals surface area contributed by atoms with Gasteiger partial charge >= 0.3 is 19.5 Å². The first-order valence-corrected chi connectivity index (χ1v) is 12.7. The van der Waals surface area contributed by atoms with Gasteiger partial charge in [-0.25, -0.2) is 0 Å². The highest BCUT2D eigenvalue weighted by Gasteiger charge is 2.44. The van der Waals surface area contributed by atoms with Crippen molar-refractivity contribution in [3.8, 4) is 34.4 Å². The first kappa shape index (κ1) is 26.8. The molecular weight excluding hydrogens is 517 g/mol. The topological polar surface area (TPSA) is 18.5 Å². The molecule has 0 unspecified atom stereocenters. The van der Waals surface area contributed by atoms with Gasteiger partial charge in [-0.2, -0.15) is 26.3 Å². The predicted molar refractivity (Wildman–Crippen MR) is 140 cm³/mol. The van der Waals surface area contributed by atoms with Crippen LogP contribution in [0.2, 0.25) is 0 Å². The molecule has 200 valence electrons. The van der Waals surface area contributed by atoms with Crippen molar-refractivity contribution in [2.75, 3.05) is 0 Å². The van der Waals surface area contributed by atoms with Crippen LogP contribution in [0.3, 0.4) is 0 Å². The standard InChI is InChI=1S/C30H23BF6O2/c1-2-3-4-5-6-11-16-31-38-27-23(29(32,33)34)17-19-12-7-9-14-21(19)25(27)26-22-15-10-8-13-20(22)18-24(28(26)39-31)30(35,36)37/h7-10,12-15,17-18H,2-6H2,1H3. The summed E-state index contributed by atoms with van der Waals surface area (Å²) in [6, 6.07) is 14.4. The van der Waals surface area contributed by atoms with Crippen LogP contribution < -0.4 is 9.31 Å². The average Bonchev–Trinajstić information content (AvgIpc) is 3.06. The number of unbranched alkanes of at least 4 members (excludes halogenated alkanes) is 4. The number of benzene rings is 4. The fraction of sp³-hybridized carbons (Fsp3) is 0.267. The highest BCUT2D eigenvalue weighted by Crippen LogP contribution is 2.54. The second-order valence-corrected chi connectivity index (χ2v) is 9.39. The van der Waals surface area contributed by atoms with Crippen LogP contribution in [0, 0.1) is 11.7 Å². The molecule has 4 aromatic carbocycles. The van der Waals surface area contributed by atoms with Gasteiger partial charge in [-0.05, 0) is 40.1 Å². The van der Waals surface area contributed by atoms with Gasteiger partial charge in [-0.15, -0.1) is 5.92 Å². The van der Waals surface area contributed by atoms with Crippen molar-refractivity contribution >= 4 is 28.7 Å². The molecule has 0 spiro atoms. The fourth-order valence-corrected chi connectivity index (χ4v) is 4.91. The minimum Gasteiger partial charge on any atom is -0.514 e. The molecular formula is C30H23BF6O2. The van der Waals surface area contributed by atoms with Crippen LogP contribution in [0.25, 0.3) is 32.7 Å². The van der Waals surface area contributed by atoms with E-state index >= 15 is 0 Å². The molecule has 1 aliphatic rings. The van der Waals surface area contributed by atoms with Crippen molar-refractivity contribution < 1.29 is 35.7 Å². The normalized spacial score (nSPS) is 13.2. The Morgan fingerprint density at radius 3 is 1.64 bits per heavy atom. The first-order chi connectivity index (χ1) is 18.6. The van der Waals surface area contributed by atoms with Gasteiger partial charge in [-0.1, -0.05) is 80.5 Å². The number of alkyl halides is 6. The Hall–Kier alpha value is -3.80. The molecule has 5 rings (SSSR count). The third-order valence-corrected chi connectivity index (χ3v) is 6.69. The summed E-state index contributed by atoms with van der Waals surface area (Å²) in [5.41, 5.74) is -2.43. The van der Waals surface area contributed by atoms with Crippen molar-refractivity contribution in [1.29, 1.82) is 0 Å². The summed E-state index contributed by atoms with van der Waals surface area (Å²) in [4.78, 5) is 0. The van der Waals surface area contributed by atoms with Crippen molar-refractivity contribution in [3.63, 3.8) is 0 Å². The lowest BCUT2D eigenvalue weighted by molar-refractivity contribution is -0.138. The first-order valence-electron chi connectivity index (χ1n) is 12.7. The van der Waals surface area contributed by atoms with E-state index in [0.29, 0.717) is 17.2 Å². The predicted octanol–water partition coefficient (Wildman–Crippen LogP) is 9.47. The van der Waals surface area contributed by atoms with Gasteiger partial charge in [0.15, 0.2) is 0 Å². The van der Waals surface area contributed by atoms with Crippen LogP contribution in [0.15, 0.2) is 60.7 Å². The largest absolute Gasteiger partial charge is 0.690 e. The molecule has 0 fully saturated rings. The van der Waals surface area contributed by atoms with Gasteiger partial charge in [0, 0.05) is 17.5 Å². The zero-order valence-electron chi connectivity index (χ0n) is 21.0. The molecule has 0 saturated carbocycles. The number of hydrogen-bond donors (Lipinski definition) is 0. The summed E-state index contributed by atoms with van der Waals surface area (Å²) in [6.07, 6.45) is -5.62. The molecule has 0 bridgehead atoms. The number of fused-ring (bicyclic) bond motifs is 7. The second-order valence-electron chi connectivity index (χ2n) is 9.39. The Morgan fingerprint density at radius 1 is 0.692 bits per heavy atom. The van der Waals surface area contributed by atoms with E-state index in [-0.39, 0.29) is 21.9 Å². The van der Waals surface area contributed by atoms with Crippen LogP contribution in [-0.2, 0) is 12.4 Å². The third kappa shape index (κ3) is 5.25. The zero-order chi connectivity index (χ0) is 27.8. The monoisotopic (exact) mass is 540 g/mol. The second kappa shape index (κ2) is 10.4. The van der Waals surface area contributed by atoms with Gasteiger partial charge < -0.3 is 9.31 Å². The maximum atomic E-state index is 14.4. The van der Waals surface area contributed by atoms with Crippen LogP contribution in [0.5, 0.6) is 11.5 Å². The summed E-state index contributed by atoms with van der Waals surface area (Å²) in [5, 5.41) is 1.03. The Balaban J connectivity index is 1.85. The summed E-state index contributed by atoms with van der Waals surface area (Å²) in [7, 11) is -1.68. The van der Waals surface area contributed by atoms with E-state index in [1.807, 2.05) is 0 Å². The van der Waals surface area contributed by atoms with E-state index in [1.165, 1.54) is 12.1 Å². The average molecular weight is 540 g/mol. The minimum atomic E-state index is -4.85. The van der Waals surface area contributed by atoms with E-state index in [2.05, 4.69) is 18.7 Å². The molecule has 2 nitrogen and oxygen atoms in total. The maximum absolute atomic E-state index is 14.4. The lowest BCUT2D eigenvalue weighted by Crippen LogP contribution is -2.29. The van der Waals surface area contributed by atoms with Crippen LogP contribution >= 0.6 is 0 Å². The quantitative estimate of drug-likeness (QED) is 0.111. The molecule has 1 aliphatic heterocycles. The van der Waals surface area contributed by atoms with Crippen molar-refractivity contribution in [2.45, 2.75) is 51.4 Å². The van der Waals surface area contributed by atoms with Gasteiger partial charge in [0.2, 0.25) is 0 Å². The molecule has 0 amide bonds. The maximum Gasteiger partial charge on any atom is 0.690 e. The van der Waals surface area contributed by atoms with E-state index in [1.54, 1.807) is 36.4 Å². The molecule has 0 atom stereocenters. The lowest BCUT2D eigenvalue weighted by Gasteiger charge is -2.20. The van der Waals surface area contributed by atoms with Crippen molar-refractivity contribution in [1.82, 2.24) is 0 Å². The Labute approximate surface area is 222 Å². The molecule has 0 aliphatic carbocycles.